The molecule has 0 aliphatic carbocycles. The molecule has 0 radical (unpaired) electrons. The van der Waals surface area contributed by atoms with Gasteiger partial charge in [0.1, 0.15) is 0 Å². The van der Waals surface area contributed by atoms with E-state index in [0.717, 1.165) is 45.6 Å². The molecule has 0 fully saturated rings. The van der Waals surface area contributed by atoms with Gasteiger partial charge >= 0.3 is 0 Å². The van der Waals surface area contributed by atoms with Crippen molar-refractivity contribution in [3.05, 3.63) is 0 Å². The smallest absolute Gasteiger partial charge is 0.0611 e. The fraction of sp³-hybridized carbons (Fsp3) is 1.00. The van der Waals surface area contributed by atoms with Gasteiger partial charge in [-0.1, -0.05) is 20.8 Å². The Morgan fingerprint density at radius 2 is 2.00 bits per heavy atom. The van der Waals surface area contributed by atoms with E-state index in [9.17, 15) is 5.11 Å². The van der Waals surface area contributed by atoms with E-state index >= 15 is 0 Å². The fourth-order valence-corrected chi connectivity index (χ4v) is 2.09. The van der Waals surface area contributed by atoms with Crippen LogP contribution >= 0.6 is 0 Å². The van der Waals surface area contributed by atoms with Crippen molar-refractivity contribution in [3.63, 3.8) is 0 Å². The van der Waals surface area contributed by atoms with Crippen LogP contribution in [0.4, 0.5) is 0 Å². The number of ether oxygens (including phenoxy) is 1. The van der Waals surface area contributed by atoms with E-state index in [4.69, 9.17) is 4.74 Å². The highest BCUT2D eigenvalue weighted by Gasteiger charge is 2.23. The molecule has 0 amide bonds. The Bertz CT molecular complexity index is 212. The van der Waals surface area contributed by atoms with Crippen LogP contribution in [0, 0.1) is 5.92 Å². The second-order valence-electron chi connectivity index (χ2n) is 6.08. The highest BCUT2D eigenvalue weighted by Crippen LogP contribution is 2.11. The van der Waals surface area contributed by atoms with Crippen LogP contribution in [0.25, 0.3) is 0 Å². The molecule has 0 aromatic heterocycles. The van der Waals surface area contributed by atoms with Crippen molar-refractivity contribution in [2.45, 2.75) is 46.1 Å². The van der Waals surface area contributed by atoms with Crippen LogP contribution < -0.4 is 5.32 Å². The number of hydrogen-bond donors (Lipinski definition) is 2. The average Bonchev–Trinajstić information content (AvgIpc) is 2.39. The summed E-state index contributed by atoms with van der Waals surface area (Å²) >= 11 is 0. The fourth-order valence-electron chi connectivity index (χ4n) is 2.09. The molecule has 0 saturated heterocycles. The summed E-state index contributed by atoms with van der Waals surface area (Å²) in [6.07, 6.45) is 2.05. The Hall–Kier alpha value is -0.160. The van der Waals surface area contributed by atoms with Crippen molar-refractivity contribution in [1.82, 2.24) is 10.2 Å². The summed E-state index contributed by atoms with van der Waals surface area (Å²) in [5.41, 5.74) is -0.168. The number of methoxy groups -OCH3 is 1. The maximum atomic E-state index is 9.58. The SMILES string of the molecule is CCCNC(C)(CO)CCN(CCOC)CC(C)C. The molecule has 1 unspecified atom stereocenters. The Labute approximate surface area is 119 Å². The first-order valence-corrected chi connectivity index (χ1v) is 7.54. The third kappa shape index (κ3) is 9.38. The van der Waals surface area contributed by atoms with Gasteiger partial charge in [-0.2, -0.15) is 0 Å². The van der Waals surface area contributed by atoms with E-state index in [2.05, 4.69) is 37.9 Å². The summed E-state index contributed by atoms with van der Waals surface area (Å²) in [5.74, 6) is 0.654. The Morgan fingerprint density at radius 3 is 2.47 bits per heavy atom. The number of rotatable bonds is 12. The molecule has 0 aliphatic heterocycles. The van der Waals surface area contributed by atoms with Gasteiger partial charge in [0.15, 0.2) is 0 Å². The molecule has 2 N–H and O–H groups in total. The minimum absolute atomic E-state index is 0.168. The lowest BCUT2D eigenvalue weighted by Crippen LogP contribution is -2.48. The minimum atomic E-state index is -0.168. The summed E-state index contributed by atoms with van der Waals surface area (Å²) < 4.78 is 5.17. The molecular formula is C15H34N2O2. The van der Waals surface area contributed by atoms with Gasteiger partial charge in [-0.05, 0) is 32.2 Å². The Morgan fingerprint density at radius 1 is 1.32 bits per heavy atom. The van der Waals surface area contributed by atoms with Crippen molar-refractivity contribution >= 4 is 0 Å². The van der Waals surface area contributed by atoms with Crippen LogP contribution in [0.15, 0.2) is 0 Å². The van der Waals surface area contributed by atoms with Gasteiger partial charge < -0.3 is 20.1 Å². The molecule has 1 atom stereocenters. The summed E-state index contributed by atoms with van der Waals surface area (Å²) in [6.45, 7) is 13.7. The van der Waals surface area contributed by atoms with Gasteiger partial charge in [0, 0.05) is 32.3 Å². The quantitative estimate of drug-likeness (QED) is 0.569. The number of nitrogens with one attached hydrogen (secondary N) is 1. The zero-order valence-corrected chi connectivity index (χ0v) is 13.5. The number of nitrogens with zero attached hydrogens (tertiary/aromatic N) is 1. The maximum absolute atomic E-state index is 9.58. The molecule has 116 valence electrons. The molecule has 19 heavy (non-hydrogen) atoms. The molecule has 0 saturated carbocycles. The summed E-state index contributed by atoms with van der Waals surface area (Å²) in [7, 11) is 1.74. The largest absolute Gasteiger partial charge is 0.394 e. The lowest BCUT2D eigenvalue weighted by molar-refractivity contribution is 0.115. The Kier molecular flexibility index (Phi) is 10.5. The van der Waals surface area contributed by atoms with Gasteiger partial charge in [-0.25, -0.2) is 0 Å². The predicted molar refractivity (Wildman–Crippen MR) is 81.6 cm³/mol. The van der Waals surface area contributed by atoms with Crippen LogP contribution in [0.5, 0.6) is 0 Å². The molecule has 0 heterocycles. The lowest BCUT2D eigenvalue weighted by Gasteiger charge is -2.32. The van der Waals surface area contributed by atoms with E-state index in [1.807, 2.05) is 0 Å². The van der Waals surface area contributed by atoms with Crippen molar-refractivity contribution in [1.29, 1.82) is 0 Å². The third-order valence-electron chi connectivity index (χ3n) is 3.37. The zero-order valence-electron chi connectivity index (χ0n) is 13.5. The molecule has 0 aliphatic rings. The van der Waals surface area contributed by atoms with E-state index < -0.39 is 0 Å². The van der Waals surface area contributed by atoms with E-state index in [1.165, 1.54) is 0 Å². The van der Waals surface area contributed by atoms with Gasteiger partial charge in [0.25, 0.3) is 0 Å². The van der Waals surface area contributed by atoms with Gasteiger partial charge in [-0.3, -0.25) is 0 Å². The molecule has 0 spiro atoms. The number of aliphatic hydroxyl groups is 1. The monoisotopic (exact) mass is 274 g/mol. The van der Waals surface area contributed by atoms with Crippen LogP contribution in [0.1, 0.15) is 40.5 Å². The maximum Gasteiger partial charge on any atom is 0.0611 e. The molecule has 0 aromatic carbocycles. The van der Waals surface area contributed by atoms with Gasteiger partial charge in [0.2, 0.25) is 0 Å². The molecule has 4 heteroatoms. The predicted octanol–water partition coefficient (Wildman–Crippen LogP) is 1.73. The average molecular weight is 274 g/mol. The topological polar surface area (TPSA) is 44.7 Å². The van der Waals surface area contributed by atoms with E-state index in [-0.39, 0.29) is 12.1 Å². The van der Waals surface area contributed by atoms with Crippen molar-refractivity contribution in [2.75, 3.05) is 46.5 Å². The second kappa shape index (κ2) is 10.6. The van der Waals surface area contributed by atoms with E-state index in [1.54, 1.807) is 7.11 Å². The van der Waals surface area contributed by atoms with Crippen LogP contribution in [0.3, 0.4) is 0 Å². The van der Waals surface area contributed by atoms with Crippen LogP contribution in [-0.2, 0) is 4.74 Å². The highest BCUT2D eigenvalue weighted by atomic mass is 16.5. The molecule has 0 bridgehead atoms. The summed E-state index contributed by atoms with van der Waals surface area (Å²) in [6, 6.07) is 0. The second-order valence-corrected chi connectivity index (χ2v) is 6.08. The van der Waals surface area contributed by atoms with Gasteiger partial charge in [0.05, 0.1) is 13.2 Å². The number of hydrogen-bond acceptors (Lipinski definition) is 4. The van der Waals surface area contributed by atoms with E-state index in [0.29, 0.717) is 5.92 Å². The Balaban J connectivity index is 4.23. The number of aliphatic hydroxyl groups excluding tert-OH is 1. The normalized spacial score (nSPS) is 15.2. The zero-order chi connectivity index (χ0) is 14.7. The van der Waals surface area contributed by atoms with Crippen LogP contribution in [-0.4, -0.2) is 62.0 Å². The van der Waals surface area contributed by atoms with Crippen molar-refractivity contribution < 1.29 is 9.84 Å². The van der Waals surface area contributed by atoms with Crippen LogP contribution in [0.2, 0.25) is 0 Å². The lowest BCUT2D eigenvalue weighted by atomic mass is 9.98. The summed E-state index contributed by atoms with van der Waals surface area (Å²) in [5, 5.41) is 13.0. The van der Waals surface area contributed by atoms with Crippen molar-refractivity contribution in [2.24, 2.45) is 5.92 Å². The minimum Gasteiger partial charge on any atom is -0.394 e. The standard InChI is InChI=1S/C15H34N2O2/c1-6-8-16-15(4,13-18)7-9-17(10-11-19-5)12-14(2)3/h14,16,18H,6-13H2,1-5H3. The molecule has 0 rings (SSSR count). The van der Waals surface area contributed by atoms with Gasteiger partial charge in [-0.15, -0.1) is 0 Å². The summed E-state index contributed by atoms with van der Waals surface area (Å²) in [4.78, 5) is 2.43. The third-order valence-corrected chi connectivity index (χ3v) is 3.37. The first kappa shape index (κ1) is 18.8. The first-order valence-electron chi connectivity index (χ1n) is 7.54. The molecule has 4 nitrogen and oxygen atoms in total. The molecule has 0 aromatic rings. The molecular weight excluding hydrogens is 240 g/mol. The van der Waals surface area contributed by atoms with Crippen molar-refractivity contribution in [3.8, 4) is 0 Å². The first-order chi connectivity index (χ1) is 8.97. The highest BCUT2D eigenvalue weighted by molar-refractivity contribution is 4.83.